The highest BCUT2D eigenvalue weighted by Gasteiger charge is 2.35. The van der Waals surface area contributed by atoms with Crippen LogP contribution in [0.1, 0.15) is 30.0 Å². The molecule has 1 saturated heterocycles. The standard InChI is InChI=1S/C25H32Cl2N2O4.ClH/c1-17-12-22(26)25(23(27)13-17)33-11-10-32-21-7-5-18(6-8-21)24(19(14-28)15-30)29-9-3-4-20(29)16-31-2;/h5-8,12-13,15,19-20,24H,3-4,9-11,14,16,28H2,1-2H3;1H. The molecule has 1 aliphatic heterocycles. The van der Waals surface area contributed by atoms with Crippen molar-refractivity contribution in [1.29, 1.82) is 0 Å². The SMILES string of the molecule is COCC1CCCN1C(c1ccc(OCCOc2c(Cl)cc(C)cc2Cl)cc1)C(C=O)CN.Cl. The summed E-state index contributed by atoms with van der Waals surface area (Å²) in [4.78, 5) is 14.2. The summed E-state index contributed by atoms with van der Waals surface area (Å²) in [5.41, 5.74) is 7.97. The van der Waals surface area contributed by atoms with Crippen LogP contribution in [0.3, 0.4) is 0 Å². The quantitative estimate of drug-likeness (QED) is 0.303. The molecule has 3 atom stereocenters. The topological polar surface area (TPSA) is 74.0 Å². The molecule has 3 rings (SSSR count). The molecule has 0 aliphatic carbocycles. The molecule has 188 valence electrons. The lowest BCUT2D eigenvalue weighted by Crippen LogP contribution is -2.42. The fraction of sp³-hybridized carbons (Fsp3) is 0.480. The van der Waals surface area contributed by atoms with Gasteiger partial charge in [0.15, 0.2) is 5.75 Å². The molecular formula is C25H33Cl3N2O4. The van der Waals surface area contributed by atoms with Crippen LogP contribution in [0.25, 0.3) is 0 Å². The Morgan fingerprint density at radius 1 is 1.15 bits per heavy atom. The molecule has 0 amide bonds. The maximum absolute atomic E-state index is 11.8. The van der Waals surface area contributed by atoms with Crippen molar-refractivity contribution in [3.8, 4) is 11.5 Å². The second-order valence-electron chi connectivity index (χ2n) is 8.29. The summed E-state index contributed by atoms with van der Waals surface area (Å²) < 4.78 is 16.9. The first-order valence-corrected chi connectivity index (χ1v) is 11.9. The second-order valence-corrected chi connectivity index (χ2v) is 9.11. The largest absolute Gasteiger partial charge is 0.490 e. The molecule has 2 aromatic rings. The van der Waals surface area contributed by atoms with Gasteiger partial charge in [0, 0.05) is 31.7 Å². The fourth-order valence-electron chi connectivity index (χ4n) is 4.43. The van der Waals surface area contributed by atoms with E-state index in [2.05, 4.69) is 4.90 Å². The van der Waals surface area contributed by atoms with Gasteiger partial charge >= 0.3 is 0 Å². The van der Waals surface area contributed by atoms with Gasteiger partial charge in [-0.3, -0.25) is 4.90 Å². The zero-order valence-electron chi connectivity index (χ0n) is 19.5. The molecule has 34 heavy (non-hydrogen) atoms. The average molecular weight is 532 g/mol. The summed E-state index contributed by atoms with van der Waals surface area (Å²) in [5.74, 6) is 0.891. The second kappa shape index (κ2) is 14.1. The van der Waals surface area contributed by atoms with E-state index in [-0.39, 0.29) is 30.4 Å². The Morgan fingerprint density at radius 3 is 2.38 bits per heavy atom. The Balaban J connectivity index is 0.00000408. The first kappa shape index (κ1) is 28.7. The highest BCUT2D eigenvalue weighted by Crippen LogP contribution is 2.36. The molecule has 0 radical (unpaired) electrons. The number of hydrogen-bond acceptors (Lipinski definition) is 6. The van der Waals surface area contributed by atoms with Crippen molar-refractivity contribution in [2.24, 2.45) is 11.7 Å². The van der Waals surface area contributed by atoms with Gasteiger partial charge in [0.2, 0.25) is 0 Å². The number of aryl methyl sites for hydroxylation is 1. The molecule has 0 saturated carbocycles. The number of likely N-dealkylation sites (tertiary alicyclic amines) is 1. The number of aldehydes is 1. The zero-order chi connectivity index (χ0) is 23.8. The van der Waals surface area contributed by atoms with Crippen LogP contribution in [0.5, 0.6) is 11.5 Å². The Kier molecular flexibility index (Phi) is 11.9. The lowest BCUT2D eigenvalue weighted by Gasteiger charge is -2.36. The molecule has 3 unspecified atom stereocenters. The van der Waals surface area contributed by atoms with Crippen LogP contribution in [0.4, 0.5) is 0 Å². The molecule has 6 nitrogen and oxygen atoms in total. The first-order valence-electron chi connectivity index (χ1n) is 11.2. The van der Waals surface area contributed by atoms with E-state index in [1.54, 1.807) is 7.11 Å². The predicted octanol–water partition coefficient (Wildman–Crippen LogP) is 5.11. The van der Waals surface area contributed by atoms with E-state index in [9.17, 15) is 4.79 Å². The molecular weight excluding hydrogens is 499 g/mol. The van der Waals surface area contributed by atoms with Crippen LogP contribution < -0.4 is 15.2 Å². The van der Waals surface area contributed by atoms with Crippen LogP contribution in [-0.2, 0) is 9.53 Å². The summed E-state index contributed by atoms with van der Waals surface area (Å²) in [7, 11) is 1.71. The summed E-state index contributed by atoms with van der Waals surface area (Å²) in [6.45, 7) is 4.42. The number of benzene rings is 2. The number of rotatable bonds is 12. The van der Waals surface area contributed by atoms with Crippen LogP contribution in [0.15, 0.2) is 36.4 Å². The molecule has 0 spiro atoms. The summed E-state index contributed by atoms with van der Waals surface area (Å²) in [6.07, 6.45) is 3.10. The maximum Gasteiger partial charge on any atom is 0.156 e. The van der Waals surface area contributed by atoms with Crippen molar-refractivity contribution >= 4 is 41.9 Å². The zero-order valence-corrected chi connectivity index (χ0v) is 21.9. The van der Waals surface area contributed by atoms with E-state index in [1.807, 2.05) is 43.3 Å². The molecule has 2 aromatic carbocycles. The number of carbonyl (C=O) groups is 1. The van der Waals surface area contributed by atoms with Crippen molar-refractivity contribution in [3.63, 3.8) is 0 Å². The first-order chi connectivity index (χ1) is 16.0. The number of hydrogen-bond donors (Lipinski definition) is 1. The monoisotopic (exact) mass is 530 g/mol. The van der Waals surface area contributed by atoms with E-state index >= 15 is 0 Å². The van der Waals surface area contributed by atoms with E-state index in [4.69, 9.17) is 43.1 Å². The van der Waals surface area contributed by atoms with Crippen molar-refractivity contribution in [1.82, 2.24) is 4.90 Å². The highest BCUT2D eigenvalue weighted by molar-refractivity contribution is 6.37. The Bertz CT molecular complexity index is 891. The number of methoxy groups -OCH3 is 1. The van der Waals surface area contributed by atoms with Gasteiger partial charge in [-0.2, -0.15) is 0 Å². The van der Waals surface area contributed by atoms with Crippen molar-refractivity contribution in [2.45, 2.75) is 31.8 Å². The molecule has 0 aromatic heterocycles. The van der Waals surface area contributed by atoms with Gasteiger partial charge in [-0.25, -0.2) is 0 Å². The predicted molar refractivity (Wildman–Crippen MR) is 139 cm³/mol. The molecule has 2 N–H and O–H groups in total. The number of nitrogens with zero attached hydrogens (tertiary/aromatic N) is 1. The number of ether oxygens (including phenoxy) is 3. The maximum atomic E-state index is 11.8. The van der Waals surface area contributed by atoms with Gasteiger partial charge in [0.25, 0.3) is 0 Å². The van der Waals surface area contributed by atoms with Crippen molar-refractivity contribution in [2.75, 3.05) is 40.0 Å². The highest BCUT2D eigenvalue weighted by atomic mass is 35.5. The van der Waals surface area contributed by atoms with Gasteiger partial charge in [-0.1, -0.05) is 35.3 Å². The number of nitrogens with two attached hydrogens (primary N) is 1. The van der Waals surface area contributed by atoms with Crippen molar-refractivity contribution < 1.29 is 19.0 Å². The minimum absolute atomic E-state index is 0. The third-order valence-electron chi connectivity index (χ3n) is 5.95. The normalized spacial score (nSPS) is 17.6. The van der Waals surface area contributed by atoms with Crippen molar-refractivity contribution in [3.05, 3.63) is 57.6 Å². The van der Waals surface area contributed by atoms with Gasteiger partial charge in [0.05, 0.1) is 16.7 Å². The average Bonchev–Trinajstić information content (AvgIpc) is 3.24. The third kappa shape index (κ3) is 7.23. The summed E-state index contributed by atoms with van der Waals surface area (Å²) in [6, 6.07) is 11.6. The van der Waals surface area contributed by atoms with E-state index in [0.717, 1.165) is 36.8 Å². The number of halogens is 3. The Labute approximate surface area is 218 Å². The smallest absolute Gasteiger partial charge is 0.156 e. The van der Waals surface area contributed by atoms with Crippen LogP contribution in [-0.4, -0.2) is 57.2 Å². The van der Waals surface area contributed by atoms with E-state index < -0.39 is 0 Å². The minimum atomic E-state index is -0.286. The fourth-order valence-corrected chi connectivity index (χ4v) is 5.13. The lowest BCUT2D eigenvalue weighted by atomic mass is 9.92. The Morgan fingerprint density at radius 2 is 1.79 bits per heavy atom. The van der Waals surface area contributed by atoms with Crippen LogP contribution in [0, 0.1) is 12.8 Å². The molecule has 0 bridgehead atoms. The molecule has 1 heterocycles. The van der Waals surface area contributed by atoms with Crippen LogP contribution in [0.2, 0.25) is 10.0 Å². The van der Waals surface area contributed by atoms with Gasteiger partial charge in [-0.15, -0.1) is 12.4 Å². The Hall–Kier alpha value is -1.54. The van der Waals surface area contributed by atoms with Crippen LogP contribution >= 0.6 is 35.6 Å². The summed E-state index contributed by atoms with van der Waals surface area (Å²) >= 11 is 12.4. The molecule has 1 fully saturated rings. The van der Waals surface area contributed by atoms with E-state index in [1.165, 1.54) is 0 Å². The summed E-state index contributed by atoms with van der Waals surface area (Å²) in [5, 5.41) is 0.961. The van der Waals surface area contributed by atoms with Gasteiger partial charge in [0.1, 0.15) is 25.2 Å². The number of carbonyl (C=O) groups excluding carboxylic acids is 1. The molecule has 1 aliphatic rings. The van der Waals surface area contributed by atoms with Gasteiger partial charge in [-0.05, 0) is 61.7 Å². The third-order valence-corrected chi connectivity index (χ3v) is 6.52. The lowest BCUT2D eigenvalue weighted by molar-refractivity contribution is -0.113. The molecule has 9 heteroatoms. The van der Waals surface area contributed by atoms with E-state index in [0.29, 0.717) is 47.9 Å². The minimum Gasteiger partial charge on any atom is -0.490 e. The van der Waals surface area contributed by atoms with Gasteiger partial charge < -0.3 is 24.7 Å².